The average Bonchev–Trinajstić information content (AvgIpc) is 2.42. The molecule has 0 aliphatic rings. The highest BCUT2D eigenvalue weighted by Gasteiger charge is 2.16. The predicted molar refractivity (Wildman–Crippen MR) is 88.3 cm³/mol. The number of hydrogen-bond donors (Lipinski definition) is 1. The Labute approximate surface area is 140 Å². The first-order valence-electron chi connectivity index (χ1n) is 6.63. The van der Waals surface area contributed by atoms with Crippen molar-refractivity contribution in [2.45, 2.75) is 19.4 Å². The predicted octanol–water partition coefficient (Wildman–Crippen LogP) is 5.38. The summed E-state index contributed by atoms with van der Waals surface area (Å²) >= 11 is 6.44. The summed E-state index contributed by atoms with van der Waals surface area (Å²) in [5, 5.41) is 3.28. The molecule has 1 atom stereocenters. The molecule has 2 aromatic rings. The standard InChI is InChI=1S/C16H15Br2F2N/c1-2-21-16(12-5-4-11(17)9-15(12)20)8-10-3-6-14(19)13(18)7-10/h3-7,9,16,21H,2,8H2,1H3. The fourth-order valence-electron chi connectivity index (χ4n) is 2.22. The van der Waals surface area contributed by atoms with Crippen LogP contribution in [0.4, 0.5) is 8.78 Å². The van der Waals surface area contributed by atoms with E-state index < -0.39 is 0 Å². The van der Waals surface area contributed by atoms with Crippen LogP contribution in [-0.2, 0) is 6.42 Å². The van der Waals surface area contributed by atoms with Gasteiger partial charge < -0.3 is 5.32 Å². The fourth-order valence-corrected chi connectivity index (χ4v) is 2.98. The van der Waals surface area contributed by atoms with E-state index in [0.717, 1.165) is 12.1 Å². The van der Waals surface area contributed by atoms with E-state index in [1.807, 2.05) is 13.0 Å². The molecule has 2 aromatic carbocycles. The third-order valence-electron chi connectivity index (χ3n) is 3.21. The lowest BCUT2D eigenvalue weighted by molar-refractivity contribution is 0.509. The summed E-state index contributed by atoms with van der Waals surface area (Å²) in [5.41, 5.74) is 1.55. The smallest absolute Gasteiger partial charge is 0.137 e. The van der Waals surface area contributed by atoms with Gasteiger partial charge in [-0.05, 0) is 58.7 Å². The topological polar surface area (TPSA) is 12.0 Å². The molecule has 1 unspecified atom stereocenters. The van der Waals surface area contributed by atoms with Crippen molar-refractivity contribution >= 4 is 31.9 Å². The molecular weight excluding hydrogens is 404 g/mol. The van der Waals surface area contributed by atoms with Crippen molar-refractivity contribution < 1.29 is 8.78 Å². The molecule has 0 aliphatic carbocycles. The molecule has 0 amide bonds. The van der Waals surface area contributed by atoms with Crippen molar-refractivity contribution in [1.29, 1.82) is 0 Å². The van der Waals surface area contributed by atoms with E-state index in [9.17, 15) is 8.78 Å². The maximum Gasteiger partial charge on any atom is 0.137 e. The van der Waals surface area contributed by atoms with E-state index in [4.69, 9.17) is 0 Å². The summed E-state index contributed by atoms with van der Waals surface area (Å²) in [6, 6.07) is 9.77. The molecule has 1 N–H and O–H groups in total. The summed E-state index contributed by atoms with van der Waals surface area (Å²) in [6.07, 6.45) is 0.589. The van der Waals surface area contributed by atoms with Gasteiger partial charge in [-0.15, -0.1) is 0 Å². The number of hydrogen-bond acceptors (Lipinski definition) is 1. The molecule has 0 spiro atoms. The van der Waals surface area contributed by atoms with Crippen LogP contribution in [0.2, 0.25) is 0 Å². The van der Waals surface area contributed by atoms with Crippen molar-refractivity contribution in [2.75, 3.05) is 6.54 Å². The summed E-state index contributed by atoms with van der Waals surface area (Å²) in [4.78, 5) is 0. The highest BCUT2D eigenvalue weighted by Crippen LogP contribution is 2.26. The van der Waals surface area contributed by atoms with Gasteiger partial charge in [0, 0.05) is 16.1 Å². The largest absolute Gasteiger partial charge is 0.310 e. The minimum absolute atomic E-state index is 0.152. The highest BCUT2D eigenvalue weighted by atomic mass is 79.9. The van der Waals surface area contributed by atoms with E-state index in [0.29, 0.717) is 20.9 Å². The SMILES string of the molecule is CCNC(Cc1ccc(F)c(Br)c1)c1ccc(Br)cc1F. The molecule has 0 aromatic heterocycles. The van der Waals surface area contributed by atoms with Gasteiger partial charge in [0.15, 0.2) is 0 Å². The molecule has 0 saturated carbocycles. The third kappa shape index (κ3) is 4.34. The van der Waals surface area contributed by atoms with Crippen LogP contribution in [0.25, 0.3) is 0 Å². The Morgan fingerprint density at radius 2 is 1.81 bits per heavy atom. The van der Waals surface area contributed by atoms with Gasteiger partial charge in [-0.2, -0.15) is 0 Å². The van der Waals surface area contributed by atoms with Gasteiger partial charge in [-0.1, -0.05) is 35.0 Å². The van der Waals surface area contributed by atoms with Crippen LogP contribution in [0.15, 0.2) is 45.3 Å². The van der Waals surface area contributed by atoms with Gasteiger partial charge in [0.25, 0.3) is 0 Å². The normalized spacial score (nSPS) is 12.4. The van der Waals surface area contributed by atoms with Crippen LogP contribution >= 0.6 is 31.9 Å². The first-order chi connectivity index (χ1) is 10.0. The second-order valence-corrected chi connectivity index (χ2v) is 6.50. The van der Waals surface area contributed by atoms with Gasteiger partial charge in [-0.25, -0.2) is 8.78 Å². The zero-order chi connectivity index (χ0) is 15.4. The van der Waals surface area contributed by atoms with Gasteiger partial charge in [0.2, 0.25) is 0 Å². The number of nitrogens with one attached hydrogen (secondary N) is 1. The molecule has 21 heavy (non-hydrogen) atoms. The second-order valence-electron chi connectivity index (χ2n) is 4.73. The summed E-state index contributed by atoms with van der Waals surface area (Å²) in [5.74, 6) is -0.551. The minimum Gasteiger partial charge on any atom is -0.310 e. The maximum atomic E-state index is 14.1. The average molecular weight is 419 g/mol. The van der Waals surface area contributed by atoms with Crippen LogP contribution in [0.3, 0.4) is 0 Å². The minimum atomic E-state index is -0.298. The number of halogens is 4. The first kappa shape index (κ1) is 16.6. The molecule has 5 heteroatoms. The van der Waals surface area contributed by atoms with E-state index >= 15 is 0 Å². The Morgan fingerprint density at radius 3 is 2.43 bits per heavy atom. The molecule has 0 saturated heterocycles. The van der Waals surface area contributed by atoms with Crippen LogP contribution in [0, 0.1) is 11.6 Å². The zero-order valence-corrected chi connectivity index (χ0v) is 14.6. The molecular formula is C16H15Br2F2N. The number of benzene rings is 2. The molecule has 112 valence electrons. The molecule has 0 heterocycles. The lowest BCUT2D eigenvalue weighted by Crippen LogP contribution is -2.24. The Morgan fingerprint density at radius 1 is 1.05 bits per heavy atom. The van der Waals surface area contributed by atoms with Gasteiger partial charge >= 0.3 is 0 Å². The summed E-state index contributed by atoms with van der Waals surface area (Å²) < 4.78 is 28.6. The van der Waals surface area contributed by atoms with Gasteiger partial charge in [0.1, 0.15) is 11.6 Å². The zero-order valence-electron chi connectivity index (χ0n) is 11.5. The molecule has 1 nitrogen and oxygen atoms in total. The fraction of sp³-hybridized carbons (Fsp3) is 0.250. The highest BCUT2D eigenvalue weighted by molar-refractivity contribution is 9.10. The van der Waals surface area contributed by atoms with Crippen LogP contribution in [0.5, 0.6) is 0 Å². The Hall–Kier alpha value is -0.780. The second kappa shape index (κ2) is 7.47. The third-order valence-corrected chi connectivity index (χ3v) is 4.31. The van der Waals surface area contributed by atoms with Crippen molar-refractivity contribution in [1.82, 2.24) is 5.32 Å². The van der Waals surface area contributed by atoms with Crippen molar-refractivity contribution in [3.05, 3.63) is 68.1 Å². The Kier molecular flexibility index (Phi) is 5.90. The quantitative estimate of drug-likeness (QED) is 0.686. The lowest BCUT2D eigenvalue weighted by atomic mass is 9.98. The summed E-state index contributed by atoms with van der Waals surface area (Å²) in [7, 11) is 0. The lowest BCUT2D eigenvalue weighted by Gasteiger charge is -2.19. The van der Waals surface area contributed by atoms with E-state index in [-0.39, 0.29) is 17.7 Å². The molecule has 0 fully saturated rings. The van der Waals surface area contributed by atoms with Crippen LogP contribution < -0.4 is 5.32 Å². The maximum absolute atomic E-state index is 14.1. The van der Waals surface area contributed by atoms with Gasteiger partial charge in [-0.3, -0.25) is 0 Å². The van der Waals surface area contributed by atoms with E-state index in [2.05, 4.69) is 37.2 Å². The van der Waals surface area contributed by atoms with Crippen molar-refractivity contribution in [3.63, 3.8) is 0 Å². The van der Waals surface area contributed by atoms with Gasteiger partial charge in [0.05, 0.1) is 4.47 Å². The van der Waals surface area contributed by atoms with Crippen LogP contribution in [-0.4, -0.2) is 6.54 Å². The molecule has 2 rings (SSSR count). The molecule has 0 bridgehead atoms. The Bertz CT molecular complexity index is 632. The molecule has 0 aliphatic heterocycles. The van der Waals surface area contributed by atoms with Crippen LogP contribution in [0.1, 0.15) is 24.1 Å². The molecule has 0 radical (unpaired) electrons. The van der Waals surface area contributed by atoms with Crippen molar-refractivity contribution in [2.24, 2.45) is 0 Å². The number of rotatable bonds is 5. The van der Waals surface area contributed by atoms with E-state index in [1.54, 1.807) is 18.2 Å². The Balaban J connectivity index is 2.28. The summed E-state index contributed by atoms with van der Waals surface area (Å²) in [6.45, 7) is 2.70. The van der Waals surface area contributed by atoms with Crippen molar-refractivity contribution in [3.8, 4) is 0 Å². The number of likely N-dealkylation sites (N-methyl/N-ethyl adjacent to an activating group) is 1. The van der Waals surface area contributed by atoms with E-state index in [1.165, 1.54) is 12.1 Å². The first-order valence-corrected chi connectivity index (χ1v) is 8.22. The monoisotopic (exact) mass is 417 g/mol.